The first-order valence-electron chi connectivity index (χ1n) is 9.85. The number of amides is 3. The zero-order valence-electron chi connectivity index (χ0n) is 17.2. The van der Waals surface area contributed by atoms with Gasteiger partial charge in [0, 0.05) is 12.6 Å². The van der Waals surface area contributed by atoms with Gasteiger partial charge in [-0.3, -0.25) is 4.79 Å². The van der Waals surface area contributed by atoms with Crippen molar-refractivity contribution in [1.29, 1.82) is 0 Å². The van der Waals surface area contributed by atoms with Gasteiger partial charge in [0.1, 0.15) is 30.0 Å². The van der Waals surface area contributed by atoms with Crippen molar-refractivity contribution in [3.05, 3.63) is 59.9 Å². The van der Waals surface area contributed by atoms with Gasteiger partial charge in [0.2, 0.25) is 5.91 Å². The quantitative estimate of drug-likeness (QED) is 0.491. The molecule has 2 rings (SSSR count). The average molecular weight is 417 g/mol. The van der Waals surface area contributed by atoms with E-state index >= 15 is 0 Å². The molecule has 8 heteroatoms. The lowest BCUT2D eigenvalue weighted by atomic mass is 10.1. The second kappa shape index (κ2) is 12.3. The lowest BCUT2D eigenvalue weighted by Gasteiger charge is -2.18. The number of rotatable bonds is 11. The molecule has 1 unspecified atom stereocenters. The van der Waals surface area contributed by atoms with Gasteiger partial charge in [0.25, 0.3) is 0 Å². The Bertz CT molecular complexity index is 814. The highest BCUT2D eigenvalue weighted by Gasteiger charge is 2.19. The molecule has 1 atom stereocenters. The lowest BCUT2D eigenvalue weighted by Crippen LogP contribution is -2.50. The van der Waals surface area contributed by atoms with Crippen LogP contribution >= 0.6 is 0 Å². The van der Waals surface area contributed by atoms with Crippen molar-refractivity contribution in [1.82, 2.24) is 16.0 Å². The SMILES string of the molecule is CCCC(NC(=O)NCc1ccc(F)cc1)C(=O)NCCOc1cccc(OC)c1. The molecule has 0 aliphatic rings. The molecule has 0 saturated carbocycles. The van der Waals surface area contributed by atoms with Crippen molar-refractivity contribution >= 4 is 11.9 Å². The highest BCUT2D eigenvalue weighted by Crippen LogP contribution is 2.18. The van der Waals surface area contributed by atoms with Crippen LogP contribution in [-0.2, 0) is 11.3 Å². The van der Waals surface area contributed by atoms with Crippen LogP contribution in [-0.4, -0.2) is 38.2 Å². The number of methoxy groups -OCH3 is 1. The van der Waals surface area contributed by atoms with Crippen molar-refractivity contribution < 1.29 is 23.5 Å². The maximum absolute atomic E-state index is 12.9. The first kappa shape index (κ1) is 23.0. The molecule has 0 fully saturated rings. The van der Waals surface area contributed by atoms with Crippen molar-refractivity contribution in [2.45, 2.75) is 32.4 Å². The van der Waals surface area contributed by atoms with Crippen molar-refractivity contribution in [3.63, 3.8) is 0 Å². The van der Waals surface area contributed by atoms with E-state index in [-0.39, 0.29) is 24.9 Å². The maximum Gasteiger partial charge on any atom is 0.315 e. The number of ether oxygens (including phenoxy) is 2. The highest BCUT2D eigenvalue weighted by atomic mass is 19.1. The number of hydrogen-bond donors (Lipinski definition) is 3. The van der Waals surface area contributed by atoms with Gasteiger partial charge in [0.15, 0.2) is 0 Å². The molecule has 0 heterocycles. The Hall–Kier alpha value is -3.29. The summed E-state index contributed by atoms with van der Waals surface area (Å²) in [6.45, 7) is 2.76. The van der Waals surface area contributed by atoms with Gasteiger partial charge < -0.3 is 25.4 Å². The number of carbonyl (C=O) groups excluding carboxylic acids is 2. The lowest BCUT2D eigenvalue weighted by molar-refractivity contribution is -0.123. The van der Waals surface area contributed by atoms with Crippen LogP contribution in [0.5, 0.6) is 11.5 Å². The van der Waals surface area contributed by atoms with Gasteiger partial charge in [-0.25, -0.2) is 9.18 Å². The van der Waals surface area contributed by atoms with Crippen LogP contribution < -0.4 is 25.4 Å². The van der Waals surface area contributed by atoms with Crippen LogP contribution in [0.1, 0.15) is 25.3 Å². The summed E-state index contributed by atoms with van der Waals surface area (Å²) in [6, 6.07) is 11.9. The molecule has 7 nitrogen and oxygen atoms in total. The van der Waals surface area contributed by atoms with Crippen LogP contribution in [0.2, 0.25) is 0 Å². The van der Waals surface area contributed by atoms with E-state index < -0.39 is 12.1 Å². The summed E-state index contributed by atoms with van der Waals surface area (Å²) in [6.07, 6.45) is 1.24. The molecular weight excluding hydrogens is 389 g/mol. The first-order valence-corrected chi connectivity index (χ1v) is 9.85. The van der Waals surface area contributed by atoms with Crippen LogP contribution in [0.3, 0.4) is 0 Å². The van der Waals surface area contributed by atoms with Crippen molar-refractivity contribution in [3.8, 4) is 11.5 Å². The zero-order valence-corrected chi connectivity index (χ0v) is 17.2. The summed E-state index contributed by atoms with van der Waals surface area (Å²) in [7, 11) is 1.58. The molecule has 0 radical (unpaired) electrons. The molecule has 0 bridgehead atoms. The van der Waals surface area contributed by atoms with Crippen LogP contribution in [0.25, 0.3) is 0 Å². The summed E-state index contributed by atoms with van der Waals surface area (Å²) >= 11 is 0. The predicted octanol–water partition coefficient (Wildman–Crippen LogP) is 3.00. The van der Waals surface area contributed by atoms with Gasteiger partial charge in [-0.1, -0.05) is 31.5 Å². The third kappa shape index (κ3) is 7.98. The van der Waals surface area contributed by atoms with E-state index in [1.54, 1.807) is 31.4 Å². The average Bonchev–Trinajstić information content (AvgIpc) is 2.76. The molecule has 0 aliphatic carbocycles. The predicted molar refractivity (Wildman–Crippen MR) is 112 cm³/mol. The molecule has 2 aromatic rings. The molecular formula is C22H28FN3O4. The molecule has 0 saturated heterocycles. The molecule has 3 N–H and O–H groups in total. The van der Waals surface area contributed by atoms with E-state index in [1.165, 1.54) is 12.1 Å². The Labute approximate surface area is 176 Å². The highest BCUT2D eigenvalue weighted by molar-refractivity contribution is 5.86. The minimum absolute atomic E-state index is 0.237. The Morgan fingerprint density at radius 1 is 1.07 bits per heavy atom. The van der Waals surface area contributed by atoms with Gasteiger partial charge in [-0.2, -0.15) is 0 Å². The van der Waals surface area contributed by atoms with E-state index in [0.717, 1.165) is 12.0 Å². The fourth-order valence-electron chi connectivity index (χ4n) is 2.71. The van der Waals surface area contributed by atoms with Gasteiger partial charge in [0.05, 0.1) is 13.7 Å². The number of nitrogens with one attached hydrogen (secondary N) is 3. The summed E-state index contributed by atoms with van der Waals surface area (Å²) < 4.78 is 23.7. The smallest absolute Gasteiger partial charge is 0.315 e. The van der Waals surface area contributed by atoms with Crippen molar-refractivity contribution in [2.75, 3.05) is 20.3 Å². The topological polar surface area (TPSA) is 88.7 Å². The Kier molecular flexibility index (Phi) is 9.44. The minimum atomic E-state index is -0.653. The normalized spacial score (nSPS) is 11.3. The van der Waals surface area contributed by atoms with Gasteiger partial charge in [-0.05, 0) is 36.2 Å². The number of carbonyl (C=O) groups is 2. The van der Waals surface area contributed by atoms with Crippen LogP contribution in [0.15, 0.2) is 48.5 Å². The first-order chi connectivity index (χ1) is 14.5. The Morgan fingerprint density at radius 2 is 1.80 bits per heavy atom. The number of halogens is 1. The van der Waals surface area contributed by atoms with E-state index in [1.807, 2.05) is 19.1 Å². The monoisotopic (exact) mass is 417 g/mol. The largest absolute Gasteiger partial charge is 0.497 e. The zero-order chi connectivity index (χ0) is 21.8. The molecule has 2 aromatic carbocycles. The van der Waals surface area contributed by atoms with Crippen molar-refractivity contribution in [2.24, 2.45) is 0 Å². The summed E-state index contributed by atoms with van der Waals surface area (Å²) in [4.78, 5) is 24.6. The van der Waals surface area contributed by atoms with E-state index in [2.05, 4.69) is 16.0 Å². The van der Waals surface area contributed by atoms with Crippen LogP contribution in [0.4, 0.5) is 9.18 Å². The fourth-order valence-corrected chi connectivity index (χ4v) is 2.71. The molecule has 3 amide bonds. The van der Waals surface area contributed by atoms with Gasteiger partial charge >= 0.3 is 6.03 Å². The number of benzene rings is 2. The summed E-state index contributed by atoms with van der Waals surface area (Å²) in [5.41, 5.74) is 0.762. The maximum atomic E-state index is 12.9. The fraction of sp³-hybridized carbons (Fsp3) is 0.364. The second-order valence-electron chi connectivity index (χ2n) is 6.61. The number of hydrogen-bond acceptors (Lipinski definition) is 4. The van der Waals surface area contributed by atoms with Crippen LogP contribution in [0, 0.1) is 5.82 Å². The van der Waals surface area contributed by atoms with E-state index in [4.69, 9.17) is 9.47 Å². The molecule has 0 spiro atoms. The molecule has 0 aliphatic heterocycles. The third-order valence-corrected chi connectivity index (χ3v) is 4.28. The molecule has 0 aromatic heterocycles. The third-order valence-electron chi connectivity index (χ3n) is 4.28. The minimum Gasteiger partial charge on any atom is -0.497 e. The standard InChI is InChI=1S/C22H28FN3O4/c1-3-5-20(26-22(28)25-15-16-8-10-17(23)11-9-16)21(27)24-12-13-30-19-7-4-6-18(14-19)29-2/h4,6-11,14,20H,3,5,12-13,15H2,1-2H3,(H,24,27)(H2,25,26,28). The van der Waals surface area contributed by atoms with Gasteiger partial charge in [-0.15, -0.1) is 0 Å². The molecule has 30 heavy (non-hydrogen) atoms. The summed E-state index contributed by atoms with van der Waals surface area (Å²) in [5, 5.41) is 8.12. The second-order valence-corrected chi connectivity index (χ2v) is 6.61. The Morgan fingerprint density at radius 3 is 2.50 bits per heavy atom. The molecule has 162 valence electrons. The summed E-state index contributed by atoms with van der Waals surface area (Å²) in [5.74, 6) is 0.726. The van der Waals surface area contributed by atoms with E-state index in [9.17, 15) is 14.0 Å². The Balaban J connectivity index is 1.74. The van der Waals surface area contributed by atoms with E-state index in [0.29, 0.717) is 24.5 Å². The number of urea groups is 1.